The standard InChI is InChI=1S/C13H18N2OS/c14-10-5-6-12(11(7-10)13(15)16)17-8-9-3-1-2-4-9/h5-7,9H,1-4,8,14H2,(H2,15,16). The minimum absolute atomic E-state index is 0.397. The predicted molar refractivity (Wildman–Crippen MR) is 72.1 cm³/mol. The number of hydrogen-bond donors (Lipinski definition) is 2. The number of anilines is 1. The average Bonchev–Trinajstić information content (AvgIpc) is 2.80. The number of benzene rings is 1. The van der Waals surface area contributed by atoms with E-state index in [0.29, 0.717) is 11.3 Å². The molecule has 0 spiro atoms. The number of hydrogen-bond acceptors (Lipinski definition) is 3. The summed E-state index contributed by atoms with van der Waals surface area (Å²) in [6.45, 7) is 0. The lowest BCUT2D eigenvalue weighted by molar-refractivity contribution is 0.0997. The van der Waals surface area contributed by atoms with E-state index in [9.17, 15) is 4.79 Å². The van der Waals surface area contributed by atoms with Gasteiger partial charge in [0.1, 0.15) is 0 Å². The Morgan fingerprint density at radius 2 is 2.06 bits per heavy atom. The van der Waals surface area contributed by atoms with Gasteiger partial charge in [0.05, 0.1) is 5.56 Å². The zero-order valence-corrected chi connectivity index (χ0v) is 10.6. The van der Waals surface area contributed by atoms with E-state index in [1.165, 1.54) is 25.7 Å². The number of carbonyl (C=O) groups is 1. The third-order valence-corrected chi connectivity index (χ3v) is 4.52. The molecular formula is C13H18N2OS. The highest BCUT2D eigenvalue weighted by molar-refractivity contribution is 7.99. The van der Waals surface area contributed by atoms with Crippen molar-refractivity contribution in [3.8, 4) is 0 Å². The van der Waals surface area contributed by atoms with Crippen molar-refractivity contribution in [2.45, 2.75) is 30.6 Å². The molecule has 4 heteroatoms. The zero-order valence-electron chi connectivity index (χ0n) is 9.82. The van der Waals surface area contributed by atoms with Gasteiger partial charge in [0.2, 0.25) is 5.91 Å². The van der Waals surface area contributed by atoms with Crippen molar-refractivity contribution in [1.82, 2.24) is 0 Å². The van der Waals surface area contributed by atoms with Crippen LogP contribution in [0.3, 0.4) is 0 Å². The van der Waals surface area contributed by atoms with E-state index < -0.39 is 5.91 Å². The van der Waals surface area contributed by atoms with Crippen LogP contribution in [0.1, 0.15) is 36.0 Å². The fourth-order valence-electron chi connectivity index (χ4n) is 2.25. The van der Waals surface area contributed by atoms with E-state index in [0.717, 1.165) is 16.6 Å². The molecule has 1 amide bonds. The molecule has 1 saturated carbocycles. The minimum Gasteiger partial charge on any atom is -0.399 e. The number of thioether (sulfide) groups is 1. The highest BCUT2D eigenvalue weighted by Crippen LogP contribution is 2.32. The Morgan fingerprint density at radius 1 is 1.35 bits per heavy atom. The molecule has 1 aromatic rings. The maximum absolute atomic E-state index is 11.3. The highest BCUT2D eigenvalue weighted by Gasteiger charge is 2.16. The second-order valence-electron chi connectivity index (χ2n) is 4.58. The van der Waals surface area contributed by atoms with E-state index in [2.05, 4.69) is 0 Å². The van der Waals surface area contributed by atoms with Gasteiger partial charge in [-0.1, -0.05) is 12.8 Å². The van der Waals surface area contributed by atoms with Crippen molar-refractivity contribution >= 4 is 23.4 Å². The fourth-order valence-corrected chi connectivity index (χ4v) is 3.48. The summed E-state index contributed by atoms with van der Waals surface area (Å²) < 4.78 is 0. The van der Waals surface area contributed by atoms with Crippen LogP contribution in [0.25, 0.3) is 0 Å². The van der Waals surface area contributed by atoms with Gasteiger partial charge in [0, 0.05) is 16.3 Å². The maximum Gasteiger partial charge on any atom is 0.249 e. The van der Waals surface area contributed by atoms with Crippen LogP contribution in [0.15, 0.2) is 23.1 Å². The monoisotopic (exact) mass is 250 g/mol. The summed E-state index contributed by atoms with van der Waals surface area (Å²) in [4.78, 5) is 12.3. The molecule has 1 aliphatic rings. The second-order valence-corrected chi connectivity index (χ2v) is 5.64. The van der Waals surface area contributed by atoms with Crippen molar-refractivity contribution in [2.24, 2.45) is 11.7 Å². The van der Waals surface area contributed by atoms with E-state index in [4.69, 9.17) is 11.5 Å². The van der Waals surface area contributed by atoms with Gasteiger partial charge in [0.25, 0.3) is 0 Å². The van der Waals surface area contributed by atoms with Gasteiger partial charge >= 0.3 is 0 Å². The summed E-state index contributed by atoms with van der Waals surface area (Å²) in [5.41, 5.74) is 12.2. The Labute approximate surface area is 106 Å². The van der Waals surface area contributed by atoms with Crippen LogP contribution in [-0.4, -0.2) is 11.7 Å². The topological polar surface area (TPSA) is 69.1 Å². The highest BCUT2D eigenvalue weighted by atomic mass is 32.2. The van der Waals surface area contributed by atoms with Crippen molar-refractivity contribution in [1.29, 1.82) is 0 Å². The van der Waals surface area contributed by atoms with Crippen LogP contribution < -0.4 is 11.5 Å². The summed E-state index contributed by atoms with van der Waals surface area (Å²) in [5.74, 6) is 1.47. The third kappa shape index (κ3) is 3.16. The summed E-state index contributed by atoms with van der Waals surface area (Å²) in [7, 11) is 0. The molecule has 0 aliphatic heterocycles. The second kappa shape index (κ2) is 5.45. The van der Waals surface area contributed by atoms with Crippen LogP contribution in [0, 0.1) is 5.92 Å². The van der Waals surface area contributed by atoms with E-state index in [1.54, 1.807) is 17.8 Å². The van der Waals surface area contributed by atoms with Crippen molar-refractivity contribution < 1.29 is 4.79 Å². The maximum atomic E-state index is 11.3. The van der Waals surface area contributed by atoms with Gasteiger partial charge in [0.15, 0.2) is 0 Å². The zero-order chi connectivity index (χ0) is 12.3. The van der Waals surface area contributed by atoms with Crippen LogP contribution >= 0.6 is 11.8 Å². The van der Waals surface area contributed by atoms with Crippen LogP contribution in [-0.2, 0) is 0 Å². The summed E-state index contributed by atoms with van der Waals surface area (Å²) in [5, 5.41) is 0. The minimum atomic E-state index is -0.397. The van der Waals surface area contributed by atoms with Gasteiger partial charge in [-0.2, -0.15) is 0 Å². The molecule has 4 N–H and O–H groups in total. The first-order valence-electron chi connectivity index (χ1n) is 5.99. The molecular weight excluding hydrogens is 232 g/mol. The number of nitrogen functional groups attached to an aromatic ring is 1. The van der Waals surface area contributed by atoms with Crippen LogP contribution in [0.2, 0.25) is 0 Å². The third-order valence-electron chi connectivity index (χ3n) is 3.22. The van der Waals surface area contributed by atoms with Crippen molar-refractivity contribution in [2.75, 3.05) is 11.5 Å². The first-order chi connectivity index (χ1) is 8.16. The molecule has 0 aromatic heterocycles. The SMILES string of the molecule is NC(=O)c1cc(N)ccc1SCC1CCCC1. The molecule has 1 fully saturated rings. The number of rotatable bonds is 4. The van der Waals surface area contributed by atoms with E-state index in [1.807, 2.05) is 12.1 Å². The number of amides is 1. The van der Waals surface area contributed by atoms with Gasteiger partial charge in [-0.25, -0.2) is 0 Å². The molecule has 0 bridgehead atoms. The van der Waals surface area contributed by atoms with Crippen molar-refractivity contribution in [3.05, 3.63) is 23.8 Å². The molecule has 3 nitrogen and oxygen atoms in total. The first-order valence-corrected chi connectivity index (χ1v) is 6.97. The number of nitrogens with two attached hydrogens (primary N) is 2. The lowest BCUT2D eigenvalue weighted by Gasteiger charge is -2.11. The molecule has 0 saturated heterocycles. The molecule has 0 atom stereocenters. The fraction of sp³-hybridized carbons (Fsp3) is 0.462. The normalized spacial score (nSPS) is 16.2. The lowest BCUT2D eigenvalue weighted by Crippen LogP contribution is -2.13. The molecule has 1 aromatic carbocycles. The Kier molecular flexibility index (Phi) is 3.94. The van der Waals surface area contributed by atoms with Crippen molar-refractivity contribution in [3.63, 3.8) is 0 Å². The molecule has 0 heterocycles. The molecule has 1 aliphatic carbocycles. The van der Waals surface area contributed by atoms with E-state index in [-0.39, 0.29) is 0 Å². The molecule has 92 valence electrons. The number of primary amides is 1. The lowest BCUT2D eigenvalue weighted by atomic mass is 10.1. The van der Waals surface area contributed by atoms with Crippen LogP contribution in [0.4, 0.5) is 5.69 Å². The Hall–Kier alpha value is -1.16. The quantitative estimate of drug-likeness (QED) is 0.637. The van der Waals surface area contributed by atoms with Gasteiger partial charge in [-0.05, 0) is 37.0 Å². The first kappa shape index (κ1) is 12.3. The number of carbonyl (C=O) groups excluding carboxylic acids is 1. The Morgan fingerprint density at radius 3 is 2.71 bits per heavy atom. The molecule has 0 radical (unpaired) electrons. The van der Waals surface area contributed by atoms with Crippen LogP contribution in [0.5, 0.6) is 0 Å². The predicted octanol–water partition coefficient (Wildman–Crippen LogP) is 2.65. The smallest absolute Gasteiger partial charge is 0.249 e. The molecule has 0 unspecified atom stereocenters. The average molecular weight is 250 g/mol. The van der Waals surface area contributed by atoms with Gasteiger partial charge in [-0.3, -0.25) is 4.79 Å². The molecule has 17 heavy (non-hydrogen) atoms. The van der Waals surface area contributed by atoms with Gasteiger partial charge < -0.3 is 11.5 Å². The van der Waals surface area contributed by atoms with E-state index >= 15 is 0 Å². The Bertz CT molecular complexity index is 414. The molecule has 2 rings (SSSR count). The Balaban J connectivity index is 2.06. The van der Waals surface area contributed by atoms with Gasteiger partial charge in [-0.15, -0.1) is 11.8 Å². The largest absolute Gasteiger partial charge is 0.399 e. The summed E-state index contributed by atoms with van der Waals surface area (Å²) >= 11 is 1.72. The summed E-state index contributed by atoms with van der Waals surface area (Å²) in [6.07, 6.45) is 5.31. The summed E-state index contributed by atoms with van der Waals surface area (Å²) in [6, 6.07) is 5.39.